The zero-order valence-electron chi connectivity index (χ0n) is 8.93. The van der Waals surface area contributed by atoms with Crippen molar-refractivity contribution < 1.29 is 8.78 Å². The fraction of sp³-hybridized carbons (Fsp3) is 0.455. The number of piperazine rings is 1. The van der Waals surface area contributed by atoms with Crippen molar-refractivity contribution in [2.45, 2.75) is 13.0 Å². The molecule has 0 radical (unpaired) electrons. The molecule has 1 aliphatic rings. The maximum atomic E-state index is 13.3. The summed E-state index contributed by atoms with van der Waals surface area (Å²) in [5.74, 6) is -1.41. The van der Waals surface area contributed by atoms with Gasteiger partial charge in [-0.25, -0.2) is 8.78 Å². The average molecular weight is 247 g/mol. The Morgan fingerprint density at radius 1 is 1.38 bits per heavy atom. The molecule has 88 valence electrons. The quantitative estimate of drug-likeness (QED) is 0.766. The molecule has 2 rings (SSSR count). The number of hydrogen-bond acceptors (Lipinski definition) is 2. The number of halogens is 3. The first-order valence-corrected chi connectivity index (χ1v) is 5.59. The maximum absolute atomic E-state index is 13.3. The molecule has 0 saturated carbocycles. The molecular formula is C11H13ClF2N2. The zero-order valence-corrected chi connectivity index (χ0v) is 9.69. The second kappa shape index (κ2) is 4.55. The van der Waals surface area contributed by atoms with Crippen molar-refractivity contribution >= 4 is 17.3 Å². The van der Waals surface area contributed by atoms with E-state index in [9.17, 15) is 8.78 Å². The average Bonchev–Trinajstić information content (AvgIpc) is 2.26. The number of anilines is 1. The Hall–Kier alpha value is -0.870. The number of benzene rings is 1. The minimum absolute atomic E-state index is 0.216. The van der Waals surface area contributed by atoms with E-state index in [2.05, 4.69) is 5.32 Å². The summed E-state index contributed by atoms with van der Waals surface area (Å²) in [6, 6.07) is 2.79. The highest BCUT2D eigenvalue weighted by Crippen LogP contribution is 2.27. The minimum Gasteiger partial charge on any atom is -0.366 e. The summed E-state index contributed by atoms with van der Waals surface area (Å²) in [4.78, 5) is 1.97. The molecule has 0 spiro atoms. The molecule has 16 heavy (non-hydrogen) atoms. The van der Waals surface area contributed by atoms with Crippen LogP contribution in [-0.4, -0.2) is 25.7 Å². The van der Waals surface area contributed by atoms with Crippen molar-refractivity contribution in [1.29, 1.82) is 0 Å². The van der Waals surface area contributed by atoms with Gasteiger partial charge in [-0.15, -0.1) is 0 Å². The lowest BCUT2D eigenvalue weighted by atomic mass is 10.1. The highest BCUT2D eigenvalue weighted by atomic mass is 35.5. The van der Waals surface area contributed by atoms with Crippen LogP contribution in [0.4, 0.5) is 14.5 Å². The standard InChI is InChI=1S/C11H13ClF2N2/c1-7-6-15-2-3-16(7)8-4-9(13)11(12)10(14)5-8/h4-5,7,15H,2-3,6H2,1H3/t7-/m0/s1. The molecular weight excluding hydrogens is 234 g/mol. The fourth-order valence-corrected chi connectivity index (χ4v) is 2.04. The van der Waals surface area contributed by atoms with Gasteiger partial charge in [-0.2, -0.15) is 0 Å². The SMILES string of the molecule is C[C@H]1CNCCN1c1cc(F)c(Cl)c(F)c1. The molecule has 1 atom stereocenters. The van der Waals surface area contributed by atoms with Gasteiger partial charge in [0.1, 0.15) is 16.7 Å². The van der Waals surface area contributed by atoms with E-state index in [1.165, 1.54) is 12.1 Å². The van der Waals surface area contributed by atoms with Crippen LogP contribution in [0.2, 0.25) is 5.02 Å². The van der Waals surface area contributed by atoms with Crippen LogP contribution in [0.5, 0.6) is 0 Å². The highest BCUT2D eigenvalue weighted by Gasteiger charge is 2.20. The van der Waals surface area contributed by atoms with Gasteiger partial charge in [0.05, 0.1) is 0 Å². The number of hydrogen-bond donors (Lipinski definition) is 1. The molecule has 1 N–H and O–H groups in total. The summed E-state index contributed by atoms with van der Waals surface area (Å²) in [6.07, 6.45) is 0. The summed E-state index contributed by atoms with van der Waals surface area (Å²) >= 11 is 5.44. The van der Waals surface area contributed by atoms with Crippen LogP contribution < -0.4 is 10.2 Å². The Morgan fingerprint density at radius 3 is 2.56 bits per heavy atom. The molecule has 1 aliphatic heterocycles. The Balaban J connectivity index is 2.32. The third kappa shape index (κ3) is 2.13. The van der Waals surface area contributed by atoms with Crippen LogP contribution in [0.15, 0.2) is 12.1 Å². The van der Waals surface area contributed by atoms with Crippen LogP contribution in [0.3, 0.4) is 0 Å². The Labute approximate surface area is 98.2 Å². The molecule has 1 aromatic rings. The molecule has 0 aliphatic carbocycles. The molecule has 0 aromatic heterocycles. The lowest BCUT2D eigenvalue weighted by Gasteiger charge is -2.36. The second-order valence-corrected chi connectivity index (χ2v) is 4.35. The molecule has 0 amide bonds. The normalized spacial score (nSPS) is 21.2. The van der Waals surface area contributed by atoms with Gasteiger partial charge in [-0.1, -0.05) is 11.6 Å². The molecule has 1 aromatic carbocycles. The van der Waals surface area contributed by atoms with Gasteiger partial charge in [0.15, 0.2) is 0 Å². The third-order valence-electron chi connectivity index (χ3n) is 2.80. The fourth-order valence-electron chi connectivity index (χ4n) is 1.93. The Bertz CT molecular complexity index is 375. The number of nitrogens with one attached hydrogen (secondary N) is 1. The lowest BCUT2D eigenvalue weighted by molar-refractivity contribution is 0.497. The van der Waals surface area contributed by atoms with Crippen molar-refractivity contribution in [2.24, 2.45) is 0 Å². The van der Waals surface area contributed by atoms with E-state index in [4.69, 9.17) is 11.6 Å². The summed E-state index contributed by atoms with van der Waals surface area (Å²) in [6.45, 7) is 4.38. The number of nitrogens with zero attached hydrogens (tertiary/aromatic N) is 1. The van der Waals surface area contributed by atoms with Gasteiger partial charge in [-0.05, 0) is 19.1 Å². The van der Waals surface area contributed by atoms with E-state index in [1.807, 2.05) is 11.8 Å². The van der Waals surface area contributed by atoms with Crippen molar-refractivity contribution in [3.63, 3.8) is 0 Å². The van der Waals surface area contributed by atoms with Crippen LogP contribution >= 0.6 is 11.6 Å². The Morgan fingerprint density at radius 2 is 2.00 bits per heavy atom. The van der Waals surface area contributed by atoms with Crippen LogP contribution in [0.25, 0.3) is 0 Å². The predicted molar refractivity (Wildman–Crippen MR) is 61.0 cm³/mol. The minimum atomic E-state index is -0.706. The Kier molecular flexibility index (Phi) is 3.30. The van der Waals surface area contributed by atoms with E-state index in [0.717, 1.165) is 19.6 Å². The van der Waals surface area contributed by atoms with Crippen molar-refractivity contribution in [3.8, 4) is 0 Å². The molecule has 5 heteroatoms. The van der Waals surface area contributed by atoms with E-state index in [-0.39, 0.29) is 6.04 Å². The summed E-state index contributed by atoms with van der Waals surface area (Å²) in [5.41, 5.74) is 0.549. The third-order valence-corrected chi connectivity index (χ3v) is 3.16. The predicted octanol–water partition coefficient (Wildman–Crippen LogP) is 2.42. The van der Waals surface area contributed by atoms with Crippen molar-refractivity contribution in [1.82, 2.24) is 5.32 Å². The largest absolute Gasteiger partial charge is 0.366 e. The molecule has 1 heterocycles. The topological polar surface area (TPSA) is 15.3 Å². The monoisotopic (exact) mass is 246 g/mol. The molecule has 0 unspecified atom stereocenters. The van der Waals surface area contributed by atoms with Crippen LogP contribution in [0.1, 0.15) is 6.92 Å². The van der Waals surface area contributed by atoms with E-state index in [0.29, 0.717) is 5.69 Å². The molecule has 2 nitrogen and oxygen atoms in total. The van der Waals surface area contributed by atoms with Gasteiger partial charge in [0.25, 0.3) is 0 Å². The first-order valence-electron chi connectivity index (χ1n) is 5.21. The van der Waals surface area contributed by atoms with Gasteiger partial charge >= 0.3 is 0 Å². The van der Waals surface area contributed by atoms with Crippen LogP contribution in [0, 0.1) is 11.6 Å². The van der Waals surface area contributed by atoms with E-state index < -0.39 is 16.7 Å². The van der Waals surface area contributed by atoms with Crippen molar-refractivity contribution in [2.75, 3.05) is 24.5 Å². The molecule has 0 bridgehead atoms. The number of rotatable bonds is 1. The smallest absolute Gasteiger partial charge is 0.146 e. The summed E-state index contributed by atoms with van der Waals surface area (Å²) in [7, 11) is 0. The first kappa shape index (κ1) is 11.6. The zero-order chi connectivity index (χ0) is 11.7. The van der Waals surface area contributed by atoms with Crippen LogP contribution in [-0.2, 0) is 0 Å². The van der Waals surface area contributed by atoms with Gasteiger partial charge in [-0.3, -0.25) is 0 Å². The van der Waals surface area contributed by atoms with Gasteiger partial charge < -0.3 is 10.2 Å². The van der Waals surface area contributed by atoms with Crippen molar-refractivity contribution in [3.05, 3.63) is 28.8 Å². The highest BCUT2D eigenvalue weighted by molar-refractivity contribution is 6.30. The molecule has 1 saturated heterocycles. The molecule has 1 fully saturated rings. The lowest BCUT2D eigenvalue weighted by Crippen LogP contribution is -2.50. The second-order valence-electron chi connectivity index (χ2n) is 3.97. The van der Waals surface area contributed by atoms with Gasteiger partial charge in [0.2, 0.25) is 0 Å². The van der Waals surface area contributed by atoms with E-state index in [1.54, 1.807) is 0 Å². The van der Waals surface area contributed by atoms with E-state index >= 15 is 0 Å². The first-order chi connectivity index (χ1) is 7.59. The summed E-state index contributed by atoms with van der Waals surface area (Å²) < 4.78 is 26.6. The maximum Gasteiger partial charge on any atom is 0.146 e. The van der Waals surface area contributed by atoms with Gasteiger partial charge in [0, 0.05) is 31.4 Å². The summed E-state index contributed by atoms with van der Waals surface area (Å²) in [5, 5.41) is 2.78.